The summed E-state index contributed by atoms with van der Waals surface area (Å²) in [4.78, 5) is 16.3. The second kappa shape index (κ2) is 5.91. The fourth-order valence-electron chi connectivity index (χ4n) is 2.78. The molecule has 4 N–H and O–H groups in total. The molecule has 110 valence electrons. The molecule has 0 aromatic heterocycles. The fraction of sp³-hybridized carbons (Fsp3) is 0.533. The quantitative estimate of drug-likeness (QED) is 0.791. The maximum absolute atomic E-state index is 11.9. The Morgan fingerprint density at radius 2 is 2.05 bits per heavy atom. The average Bonchev–Trinajstić information content (AvgIpc) is 2.88. The lowest BCUT2D eigenvalue weighted by Gasteiger charge is -2.31. The highest BCUT2D eigenvalue weighted by atomic mass is 16.1. The average molecular weight is 276 g/mol. The minimum atomic E-state index is -1.12. The van der Waals surface area contributed by atoms with Crippen molar-refractivity contribution < 1.29 is 4.79 Å². The van der Waals surface area contributed by atoms with Gasteiger partial charge in [0, 0.05) is 19.1 Å². The van der Waals surface area contributed by atoms with E-state index >= 15 is 0 Å². The maximum atomic E-state index is 11.9. The number of carbonyl (C=O) groups is 1. The normalized spacial score (nSPS) is 22.9. The van der Waals surface area contributed by atoms with Gasteiger partial charge in [-0.05, 0) is 32.6 Å². The van der Waals surface area contributed by atoms with Crippen LogP contribution in [0.25, 0.3) is 0 Å². The van der Waals surface area contributed by atoms with Crippen LogP contribution in [0, 0.1) is 0 Å². The number of amides is 1. The molecule has 1 amide bonds. The lowest BCUT2D eigenvalue weighted by atomic mass is 9.89. The number of rotatable bonds is 5. The van der Waals surface area contributed by atoms with Gasteiger partial charge in [0.05, 0.1) is 0 Å². The Bertz CT molecular complexity index is 462. The zero-order valence-corrected chi connectivity index (χ0v) is 12.2. The first-order valence-corrected chi connectivity index (χ1v) is 6.96. The lowest BCUT2D eigenvalue weighted by molar-refractivity contribution is -0.124. The van der Waals surface area contributed by atoms with Gasteiger partial charge in [0.25, 0.3) is 0 Å². The summed E-state index contributed by atoms with van der Waals surface area (Å²) in [5, 5.41) is 0. The Balaban J connectivity index is 2.13. The summed E-state index contributed by atoms with van der Waals surface area (Å²) in [5.41, 5.74) is 11.6. The predicted octanol–water partition coefficient (Wildman–Crippen LogP) is -0.0382. The van der Waals surface area contributed by atoms with Crippen LogP contribution in [0.15, 0.2) is 30.3 Å². The van der Waals surface area contributed by atoms with Crippen molar-refractivity contribution in [2.45, 2.75) is 18.0 Å². The van der Waals surface area contributed by atoms with E-state index in [4.69, 9.17) is 11.5 Å². The molecule has 1 saturated heterocycles. The number of hydrogen-bond donors (Lipinski definition) is 2. The van der Waals surface area contributed by atoms with E-state index in [1.54, 1.807) is 0 Å². The highest BCUT2D eigenvalue weighted by Gasteiger charge is 2.38. The zero-order chi connectivity index (χ0) is 14.8. The van der Waals surface area contributed by atoms with Crippen LogP contribution in [-0.2, 0) is 10.3 Å². The van der Waals surface area contributed by atoms with E-state index in [0.29, 0.717) is 12.6 Å². The Morgan fingerprint density at radius 1 is 1.40 bits per heavy atom. The third-order valence-corrected chi connectivity index (χ3v) is 4.18. The Kier molecular flexibility index (Phi) is 4.42. The number of primary amides is 1. The van der Waals surface area contributed by atoms with Crippen LogP contribution >= 0.6 is 0 Å². The van der Waals surface area contributed by atoms with Crippen molar-refractivity contribution in [3.8, 4) is 0 Å². The maximum Gasteiger partial charge on any atom is 0.243 e. The molecule has 1 aromatic carbocycles. The van der Waals surface area contributed by atoms with Crippen LogP contribution in [0.3, 0.4) is 0 Å². The van der Waals surface area contributed by atoms with Gasteiger partial charge in [-0.15, -0.1) is 0 Å². The predicted molar refractivity (Wildman–Crippen MR) is 80.0 cm³/mol. The summed E-state index contributed by atoms with van der Waals surface area (Å²) in [6.07, 6.45) is 1.09. The molecule has 20 heavy (non-hydrogen) atoms. The van der Waals surface area contributed by atoms with E-state index in [1.807, 2.05) is 30.3 Å². The van der Waals surface area contributed by atoms with E-state index in [2.05, 4.69) is 23.9 Å². The van der Waals surface area contributed by atoms with E-state index < -0.39 is 11.4 Å². The van der Waals surface area contributed by atoms with Gasteiger partial charge >= 0.3 is 0 Å². The Labute approximate surface area is 120 Å². The molecule has 1 aliphatic heterocycles. The molecule has 2 unspecified atom stereocenters. The van der Waals surface area contributed by atoms with Crippen LogP contribution in [0.4, 0.5) is 0 Å². The highest BCUT2D eigenvalue weighted by Crippen LogP contribution is 2.22. The molecule has 0 saturated carbocycles. The molecular weight excluding hydrogens is 252 g/mol. The molecule has 2 atom stereocenters. The van der Waals surface area contributed by atoms with Crippen LogP contribution in [0.1, 0.15) is 12.0 Å². The van der Waals surface area contributed by atoms with Gasteiger partial charge in [0.15, 0.2) is 0 Å². The van der Waals surface area contributed by atoms with E-state index in [0.717, 1.165) is 25.1 Å². The molecular formula is C15H24N4O. The van der Waals surface area contributed by atoms with Gasteiger partial charge in [0.2, 0.25) is 5.91 Å². The summed E-state index contributed by atoms with van der Waals surface area (Å²) in [6.45, 7) is 2.34. The third-order valence-electron chi connectivity index (χ3n) is 4.18. The molecule has 5 nitrogen and oxygen atoms in total. The Hall–Kier alpha value is -1.43. The molecule has 1 fully saturated rings. The van der Waals surface area contributed by atoms with Gasteiger partial charge in [-0.25, -0.2) is 0 Å². The summed E-state index contributed by atoms with van der Waals surface area (Å²) in [7, 11) is 4.16. The Morgan fingerprint density at radius 3 is 2.55 bits per heavy atom. The molecule has 0 spiro atoms. The number of nitrogens with two attached hydrogens (primary N) is 2. The number of likely N-dealkylation sites (tertiary alicyclic amines) is 1. The van der Waals surface area contributed by atoms with Gasteiger partial charge in [0.1, 0.15) is 5.54 Å². The highest BCUT2D eigenvalue weighted by molar-refractivity contribution is 5.86. The first kappa shape index (κ1) is 15.0. The largest absolute Gasteiger partial charge is 0.368 e. The number of benzene rings is 1. The standard InChI is InChI=1S/C15H24N4O/c1-18(2)13-8-9-19(10-13)11-15(17,14(16)20)12-6-4-3-5-7-12/h3-7,13H,8-11,17H2,1-2H3,(H2,16,20). The van der Waals surface area contributed by atoms with Crippen molar-refractivity contribution in [3.05, 3.63) is 35.9 Å². The molecule has 0 aliphatic carbocycles. The molecule has 2 rings (SSSR count). The fourth-order valence-corrected chi connectivity index (χ4v) is 2.78. The van der Waals surface area contributed by atoms with Gasteiger partial charge in [-0.1, -0.05) is 30.3 Å². The van der Waals surface area contributed by atoms with Crippen molar-refractivity contribution in [3.63, 3.8) is 0 Å². The topological polar surface area (TPSA) is 75.6 Å². The summed E-state index contributed by atoms with van der Waals surface area (Å²) in [5.74, 6) is -0.475. The summed E-state index contributed by atoms with van der Waals surface area (Å²) >= 11 is 0. The number of carbonyl (C=O) groups excluding carboxylic acids is 1. The number of likely N-dealkylation sites (N-methyl/N-ethyl adjacent to an activating group) is 1. The van der Waals surface area contributed by atoms with Crippen LogP contribution in [-0.4, -0.2) is 55.5 Å². The summed E-state index contributed by atoms with van der Waals surface area (Å²) < 4.78 is 0. The smallest absolute Gasteiger partial charge is 0.243 e. The molecule has 5 heteroatoms. The van der Waals surface area contributed by atoms with E-state index in [-0.39, 0.29) is 0 Å². The van der Waals surface area contributed by atoms with Crippen LogP contribution < -0.4 is 11.5 Å². The van der Waals surface area contributed by atoms with Crippen molar-refractivity contribution in [1.29, 1.82) is 0 Å². The molecule has 0 bridgehead atoms. The monoisotopic (exact) mass is 276 g/mol. The SMILES string of the molecule is CN(C)C1CCN(CC(N)(C(N)=O)c2ccccc2)C1. The van der Waals surface area contributed by atoms with Gasteiger partial charge < -0.3 is 16.4 Å². The zero-order valence-electron chi connectivity index (χ0n) is 12.2. The third kappa shape index (κ3) is 3.00. The second-order valence-corrected chi connectivity index (χ2v) is 5.84. The number of hydrogen-bond acceptors (Lipinski definition) is 4. The minimum Gasteiger partial charge on any atom is -0.368 e. The second-order valence-electron chi connectivity index (χ2n) is 5.84. The van der Waals surface area contributed by atoms with Crippen LogP contribution in [0.2, 0.25) is 0 Å². The molecule has 1 heterocycles. The first-order chi connectivity index (χ1) is 9.43. The van der Waals surface area contributed by atoms with Crippen LogP contribution in [0.5, 0.6) is 0 Å². The lowest BCUT2D eigenvalue weighted by Crippen LogP contribution is -2.56. The van der Waals surface area contributed by atoms with Crippen molar-refractivity contribution >= 4 is 5.91 Å². The van der Waals surface area contributed by atoms with Gasteiger partial charge in [-0.2, -0.15) is 0 Å². The van der Waals surface area contributed by atoms with Gasteiger partial charge in [-0.3, -0.25) is 9.69 Å². The van der Waals surface area contributed by atoms with E-state index in [9.17, 15) is 4.79 Å². The summed E-state index contributed by atoms with van der Waals surface area (Å²) in [6, 6.07) is 9.92. The molecule has 1 aliphatic rings. The van der Waals surface area contributed by atoms with Crippen molar-refractivity contribution in [2.24, 2.45) is 11.5 Å². The molecule has 0 radical (unpaired) electrons. The van der Waals surface area contributed by atoms with Crippen molar-refractivity contribution in [2.75, 3.05) is 33.7 Å². The van der Waals surface area contributed by atoms with Crippen molar-refractivity contribution in [1.82, 2.24) is 9.80 Å². The molecule has 1 aromatic rings. The number of nitrogens with zero attached hydrogens (tertiary/aromatic N) is 2. The van der Waals surface area contributed by atoms with E-state index in [1.165, 1.54) is 0 Å². The minimum absolute atomic E-state index is 0.469. The first-order valence-electron chi connectivity index (χ1n) is 6.96.